The van der Waals surface area contributed by atoms with Gasteiger partial charge >= 0.3 is 5.97 Å². The van der Waals surface area contributed by atoms with Crippen LogP contribution in [0.15, 0.2) is 61.1 Å². The average molecular weight is 601 g/mol. The number of carboxylic acid groups (broad SMARTS) is 1. The standard InChI is InChI=1S/C33H40N6O5/c1-5-22-10-11-24-20-35-26(18-25(24)16-22)12-13-33(3,4)32(44)37-28(17-23-8-6-14-34-19-23)29(40)36-21(2)30(41)39-15-7-9-27(38-39)31(42)43/h6,8,10-14,16,18-21,27-28,38H,5,7,9,15,17H2,1-4H3,(H,36,40)(H,37,44)(H,42,43)/b13-12+/t21-,27-,28-/m0/s1. The summed E-state index contributed by atoms with van der Waals surface area (Å²) >= 11 is 0. The minimum Gasteiger partial charge on any atom is -0.480 e. The molecule has 1 aliphatic rings. The highest BCUT2D eigenvalue weighted by Crippen LogP contribution is 2.22. The van der Waals surface area contributed by atoms with Crippen LogP contribution < -0.4 is 16.1 Å². The van der Waals surface area contributed by atoms with Gasteiger partial charge in [0, 0.05) is 36.9 Å². The Morgan fingerprint density at radius 1 is 1.11 bits per heavy atom. The zero-order chi connectivity index (χ0) is 31.9. The molecule has 1 fully saturated rings. The van der Waals surface area contributed by atoms with Gasteiger partial charge in [0.05, 0.1) is 11.1 Å². The van der Waals surface area contributed by atoms with E-state index in [9.17, 15) is 24.3 Å². The lowest BCUT2D eigenvalue weighted by molar-refractivity contribution is -0.148. The lowest BCUT2D eigenvalue weighted by Crippen LogP contribution is -2.60. The summed E-state index contributed by atoms with van der Waals surface area (Å²) in [6.45, 7) is 7.46. The quantitative estimate of drug-likeness (QED) is 0.262. The predicted octanol–water partition coefficient (Wildman–Crippen LogP) is 3.04. The topological polar surface area (TPSA) is 154 Å². The minimum absolute atomic E-state index is 0.154. The Bertz CT molecular complexity index is 1540. The van der Waals surface area contributed by atoms with Gasteiger partial charge in [-0.05, 0) is 74.8 Å². The Kier molecular flexibility index (Phi) is 10.4. The number of amides is 3. The SMILES string of the molecule is CCc1ccc2cnc(/C=C/C(C)(C)C(=O)N[C@@H](Cc3cccnc3)C(=O)N[C@@H](C)C(=O)N3CCC[C@@H](C(=O)O)N3)cc2c1. The molecule has 2 aromatic heterocycles. The molecule has 44 heavy (non-hydrogen) atoms. The maximum absolute atomic E-state index is 13.5. The lowest BCUT2D eigenvalue weighted by atomic mass is 9.90. The summed E-state index contributed by atoms with van der Waals surface area (Å²) in [7, 11) is 0. The maximum atomic E-state index is 13.5. The number of aliphatic carboxylic acids is 1. The first-order valence-corrected chi connectivity index (χ1v) is 14.9. The molecule has 3 atom stereocenters. The molecule has 4 rings (SSSR count). The van der Waals surface area contributed by atoms with Gasteiger partial charge in [0.1, 0.15) is 18.1 Å². The van der Waals surface area contributed by atoms with Crippen LogP contribution in [0, 0.1) is 5.41 Å². The molecule has 3 amide bonds. The van der Waals surface area contributed by atoms with Crippen LogP contribution in [0.2, 0.25) is 0 Å². The van der Waals surface area contributed by atoms with Crippen molar-refractivity contribution >= 4 is 40.5 Å². The number of benzene rings is 1. The number of fused-ring (bicyclic) bond motifs is 1. The molecule has 1 aliphatic heterocycles. The highest BCUT2D eigenvalue weighted by molar-refractivity contribution is 5.94. The smallest absolute Gasteiger partial charge is 0.322 e. The summed E-state index contributed by atoms with van der Waals surface area (Å²) in [4.78, 5) is 60.1. The Labute approximate surface area is 257 Å². The number of hydrogen-bond acceptors (Lipinski definition) is 7. The lowest BCUT2D eigenvalue weighted by Gasteiger charge is -2.34. The Balaban J connectivity index is 1.47. The van der Waals surface area contributed by atoms with Gasteiger partial charge < -0.3 is 15.7 Å². The van der Waals surface area contributed by atoms with E-state index in [1.807, 2.05) is 12.1 Å². The van der Waals surface area contributed by atoms with E-state index in [4.69, 9.17) is 0 Å². The second-order valence-corrected chi connectivity index (χ2v) is 11.7. The minimum atomic E-state index is -1.04. The molecule has 0 radical (unpaired) electrons. The van der Waals surface area contributed by atoms with Crippen LogP contribution >= 0.6 is 0 Å². The first-order valence-electron chi connectivity index (χ1n) is 14.9. The van der Waals surface area contributed by atoms with Crippen LogP contribution in [0.25, 0.3) is 16.8 Å². The van der Waals surface area contributed by atoms with Gasteiger partial charge in [0.25, 0.3) is 5.91 Å². The molecule has 0 spiro atoms. The fourth-order valence-electron chi connectivity index (χ4n) is 4.93. The first kappa shape index (κ1) is 32.3. The molecule has 11 heteroatoms. The van der Waals surface area contributed by atoms with Gasteiger partial charge in [0.15, 0.2) is 0 Å². The van der Waals surface area contributed by atoms with Crippen molar-refractivity contribution in [3.8, 4) is 0 Å². The third-order valence-electron chi connectivity index (χ3n) is 7.74. The molecule has 1 aromatic carbocycles. The van der Waals surface area contributed by atoms with Crippen molar-refractivity contribution in [2.75, 3.05) is 6.54 Å². The van der Waals surface area contributed by atoms with Crippen LogP contribution in [0.4, 0.5) is 0 Å². The number of carboxylic acids is 1. The number of hydrazine groups is 1. The number of aryl methyl sites for hydroxylation is 1. The highest BCUT2D eigenvalue weighted by Gasteiger charge is 2.33. The van der Waals surface area contributed by atoms with Crippen molar-refractivity contribution in [3.63, 3.8) is 0 Å². The molecule has 232 valence electrons. The van der Waals surface area contributed by atoms with Gasteiger partial charge in [-0.25, -0.2) is 5.43 Å². The molecule has 0 bridgehead atoms. The molecule has 3 aromatic rings. The zero-order valence-corrected chi connectivity index (χ0v) is 25.5. The molecule has 0 saturated carbocycles. The third-order valence-corrected chi connectivity index (χ3v) is 7.74. The number of carbonyl (C=O) groups is 4. The number of hydrogen-bond donors (Lipinski definition) is 4. The monoisotopic (exact) mass is 600 g/mol. The van der Waals surface area contributed by atoms with E-state index in [1.165, 1.54) is 17.5 Å². The number of pyridine rings is 2. The van der Waals surface area contributed by atoms with E-state index in [1.54, 1.807) is 56.7 Å². The van der Waals surface area contributed by atoms with Gasteiger partial charge in [-0.15, -0.1) is 0 Å². The summed E-state index contributed by atoms with van der Waals surface area (Å²) < 4.78 is 0. The van der Waals surface area contributed by atoms with E-state index >= 15 is 0 Å². The van der Waals surface area contributed by atoms with Crippen molar-refractivity contribution in [1.82, 2.24) is 31.0 Å². The predicted molar refractivity (Wildman–Crippen MR) is 167 cm³/mol. The Morgan fingerprint density at radius 2 is 1.91 bits per heavy atom. The van der Waals surface area contributed by atoms with Gasteiger partial charge in [0.2, 0.25) is 11.8 Å². The van der Waals surface area contributed by atoms with Crippen LogP contribution in [-0.2, 0) is 32.0 Å². The molecule has 0 aliphatic carbocycles. The summed E-state index contributed by atoms with van der Waals surface area (Å²) in [6, 6.07) is 8.95. The Hall–Kier alpha value is -4.64. The highest BCUT2D eigenvalue weighted by atomic mass is 16.4. The van der Waals surface area contributed by atoms with Crippen molar-refractivity contribution in [2.24, 2.45) is 5.41 Å². The Morgan fingerprint density at radius 3 is 2.61 bits per heavy atom. The second kappa shape index (κ2) is 14.2. The van der Waals surface area contributed by atoms with Crippen molar-refractivity contribution in [1.29, 1.82) is 0 Å². The molecule has 0 unspecified atom stereocenters. The molecule has 11 nitrogen and oxygen atoms in total. The number of aromatic nitrogens is 2. The van der Waals surface area contributed by atoms with Crippen molar-refractivity contribution in [2.45, 2.75) is 71.5 Å². The first-order chi connectivity index (χ1) is 21.0. The van der Waals surface area contributed by atoms with Gasteiger partial charge in [-0.1, -0.05) is 37.3 Å². The van der Waals surface area contributed by atoms with E-state index in [0.717, 1.165) is 22.8 Å². The third kappa shape index (κ3) is 8.25. The molecular formula is C33H40N6O5. The van der Waals surface area contributed by atoms with E-state index in [0.29, 0.717) is 25.1 Å². The fourth-order valence-corrected chi connectivity index (χ4v) is 4.93. The van der Waals surface area contributed by atoms with Crippen molar-refractivity contribution in [3.05, 3.63) is 77.9 Å². The number of nitrogens with zero attached hydrogens (tertiary/aromatic N) is 3. The van der Waals surface area contributed by atoms with Gasteiger partial charge in [-0.2, -0.15) is 0 Å². The maximum Gasteiger partial charge on any atom is 0.322 e. The molecule has 4 N–H and O–H groups in total. The largest absolute Gasteiger partial charge is 0.480 e. The normalized spacial score (nSPS) is 16.8. The molecule has 3 heterocycles. The van der Waals surface area contributed by atoms with E-state index in [2.05, 4.69) is 45.1 Å². The van der Waals surface area contributed by atoms with E-state index < -0.39 is 41.3 Å². The fraction of sp³-hybridized carbons (Fsp3) is 0.394. The van der Waals surface area contributed by atoms with Crippen LogP contribution in [0.5, 0.6) is 0 Å². The zero-order valence-electron chi connectivity index (χ0n) is 25.5. The van der Waals surface area contributed by atoms with Crippen LogP contribution in [-0.4, -0.2) is 68.4 Å². The molecule has 1 saturated heterocycles. The van der Waals surface area contributed by atoms with Crippen molar-refractivity contribution < 1.29 is 24.3 Å². The number of nitrogens with one attached hydrogen (secondary N) is 3. The van der Waals surface area contributed by atoms with Crippen LogP contribution in [0.3, 0.4) is 0 Å². The van der Waals surface area contributed by atoms with Crippen LogP contribution in [0.1, 0.15) is 57.4 Å². The number of carbonyl (C=O) groups excluding carboxylic acids is 3. The second-order valence-electron chi connectivity index (χ2n) is 11.7. The summed E-state index contributed by atoms with van der Waals surface area (Å²) in [5, 5.41) is 18.2. The average Bonchev–Trinajstić information content (AvgIpc) is 3.03. The summed E-state index contributed by atoms with van der Waals surface area (Å²) in [5.74, 6) is -2.43. The summed E-state index contributed by atoms with van der Waals surface area (Å²) in [5.41, 5.74) is 4.38. The summed E-state index contributed by atoms with van der Waals surface area (Å²) in [6.07, 6.45) is 10.6. The molecular weight excluding hydrogens is 560 g/mol. The van der Waals surface area contributed by atoms with Gasteiger partial charge in [-0.3, -0.25) is 34.2 Å². The van der Waals surface area contributed by atoms with E-state index in [-0.39, 0.29) is 12.3 Å². The number of rotatable bonds is 11.